The molecule has 0 aromatic heterocycles. The molecule has 4 heteroatoms. The van der Waals surface area contributed by atoms with Crippen LogP contribution in [0, 0.1) is 10.8 Å². The van der Waals surface area contributed by atoms with Crippen molar-refractivity contribution < 1.29 is 0 Å². The minimum Gasteiger partial charge on any atom is -0.242 e. The molecule has 0 aromatic carbocycles. The summed E-state index contributed by atoms with van der Waals surface area (Å²) < 4.78 is 0. The van der Waals surface area contributed by atoms with E-state index < -0.39 is 0 Å². The molecule has 0 saturated heterocycles. The molecule has 2 nitrogen and oxygen atoms in total. The third kappa shape index (κ3) is 21700. The van der Waals surface area contributed by atoms with Crippen LogP contribution in [-0.4, -0.2) is 11.3 Å². The molecule has 0 aromatic rings. The Morgan fingerprint density at radius 2 is 1.33 bits per heavy atom. The van der Waals surface area contributed by atoms with Gasteiger partial charge in [0, 0.05) is 0 Å². The second-order valence-corrected chi connectivity index (χ2v) is 1.03. The normalized spacial score (nSPS) is 4.33. The summed E-state index contributed by atoms with van der Waals surface area (Å²) in [4.78, 5) is 0. The molecule has 0 aliphatic rings. The third-order valence-corrected chi connectivity index (χ3v) is 0. The summed E-state index contributed by atoms with van der Waals surface area (Å²) in [6.45, 7) is 0. The van der Waals surface area contributed by atoms with Crippen molar-refractivity contribution in [2.75, 3.05) is 5.34 Å². The molecule has 0 spiro atoms. The number of hydrogen-bond acceptors (Lipinski definition) is 2. The Kier molecular flexibility index (Phi) is 31.6. The zero-order valence-electron chi connectivity index (χ0n) is 2.96. The van der Waals surface area contributed by atoms with Crippen LogP contribution in [0.1, 0.15) is 0 Å². The Hall–Kier alpha value is -0.0400. The van der Waals surface area contributed by atoms with Gasteiger partial charge in [0.05, 0.1) is 11.3 Å². The van der Waals surface area contributed by atoms with Gasteiger partial charge in [-0.25, -0.2) is 10.8 Å². The van der Waals surface area contributed by atoms with Gasteiger partial charge in [-0.1, -0.05) is 0 Å². The van der Waals surface area contributed by atoms with Crippen LogP contribution in [0.4, 0.5) is 0 Å². The molecule has 0 unspecified atom stereocenters. The van der Waals surface area contributed by atoms with Gasteiger partial charge in [-0.05, 0) is 0 Å². The van der Waals surface area contributed by atoms with E-state index in [9.17, 15) is 0 Å². The first-order chi connectivity index (χ1) is 2.83. The Bertz CT molecular complexity index is 38.8. The summed E-state index contributed by atoms with van der Waals surface area (Å²) >= 11 is 9.53. The lowest BCUT2D eigenvalue weighted by molar-refractivity contribution is 1.47. The van der Waals surface area contributed by atoms with Gasteiger partial charge < -0.3 is 0 Å². The molecule has 0 saturated carbocycles. The predicted molar refractivity (Wildman–Crippen MR) is 27.0 cm³/mol. The second-order valence-electron chi connectivity index (χ2n) is 0.226. The van der Waals surface area contributed by atoms with E-state index in [2.05, 4.69) is 0 Å². The molecule has 36 valence electrons. The summed E-state index contributed by atoms with van der Waals surface area (Å²) in [7, 11) is 0. The maximum Gasteiger partial charge on any atom is 0.0967 e. The quantitative estimate of drug-likeness (QED) is 0.367. The summed E-state index contributed by atoms with van der Waals surface area (Å²) in [5.41, 5.74) is 0. The van der Waals surface area contributed by atoms with Crippen LogP contribution >= 0.6 is 23.2 Å². The predicted octanol–water partition coefficient (Wildman–Crippen LogP) is 1.74. The summed E-state index contributed by atoms with van der Waals surface area (Å²) in [5.74, 6) is 0. The van der Waals surface area contributed by atoms with Gasteiger partial charge in [0.25, 0.3) is 0 Å². The maximum absolute atomic E-state index is 5.62. The van der Waals surface area contributed by atoms with Gasteiger partial charge in [-0.15, -0.1) is 23.2 Å². The van der Waals surface area contributed by atoms with Gasteiger partial charge in [0.15, 0.2) is 0 Å². The van der Waals surface area contributed by atoms with Crippen molar-refractivity contribution in [3.05, 3.63) is 0 Å². The highest BCUT2D eigenvalue weighted by atomic mass is 35.5. The lowest BCUT2D eigenvalue weighted by Crippen LogP contribution is -1.24. The summed E-state index contributed by atoms with van der Waals surface area (Å²) in [6, 6.07) is 1.25. The third-order valence-electron chi connectivity index (χ3n) is 0. The van der Waals surface area contributed by atoms with Crippen molar-refractivity contribution in [1.82, 2.24) is 0 Å². The van der Waals surface area contributed by atoms with Crippen LogP contribution < -0.4 is 0 Å². The van der Waals surface area contributed by atoms with Crippen LogP contribution in [0.3, 0.4) is 0 Å². The van der Waals surface area contributed by atoms with Crippen molar-refractivity contribution >= 4 is 29.2 Å². The molecule has 0 aliphatic carbocycles. The van der Waals surface area contributed by atoms with Crippen LogP contribution in [0.5, 0.6) is 0 Å². The lowest BCUT2D eigenvalue weighted by atomic mass is 11.6. The van der Waals surface area contributed by atoms with E-state index in [0.29, 0.717) is 0 Å². The van der Waals surface area contributed by atoms with Gasteiger partial charge in [-0.2, -0.15) is 0 Å². The molecular weight excluding hydrogens is 123 g/mol. The SMILES string of the molecule is ClCCl.N=C=N. The number of rotatable bonds is 0. The first kappa shape index (κ1) is 9.35. The minimum atomic E-state index is 0.194. The lowest BCUT2D eigenvalue weighted by Gasteiger charge is -1.42. The van der Waals surface area contributed by atoms with E-state index >= 15 is 0 Å². The first-order valence-electron chi connectivity index (χ1n) is 1.03. The molecule has 2 N–H and O–H groups in total. The Balaban J connectivity index is 0. The molecule has 0 amide bonds. The van der Waals surface area contributed by atoms with E-state index in [1.165, 1.54) is 6.01 Å². The molecule has 0 rings (SSSR count). The van der Waals surface area contributed by atoms with E-state index in [1.807, 2.05) is 0 Å². The average molecular weight is 127 g/mol. The average Bonchev–Trinajstić information content (AvgIpc) is 1.39. The van der Waals surface area contributed by atoms with Gasteiger partial charge in [0.1, 0.15) is 0 Å². The zero-order chi connectivity index (χ0) is 5.41. The van der Waals surface area contributed by atoms with Crippen molar-refractivity contribution in [1.29, 1.82) is 10.8 Å². The molecule has 0 atom stereocenters. The second kappa shape index (κ2) is 20.2. The van der Waals surface area contributed by atoms with Gasteiger partial charge in [0.2, 0.25) is 0 Å². The smallest absolute Gasteiger partial charge is 0.0967 e. The monoisotopic (exact) mass is 126 g/mol. The first-order valence-corrected chi connectivity index (χ1v) is 2.10. The van der Waals surface area contributed by atoms with Crippen LogP contribution in [0.2, 0.25) is 0 Å². The van der Waals surface area contributed by atoms with Crippen LogP contribution in [0.15, 0.2) is 0 Å². The van der Waals surface area contributed by atoms with Crippen molar-refractivity contribution in [3.8, 4) is 0 Å². The van der Waals surface area contributed by atoms with Crippen LogP contribution in [-0.2, 0) is 0 Å². The summed E-state index contributed by atoms with van der Waals surface area (Å²) in [5, 5.41) is 11.4. The fourth-order valence-corrected chi connectivity index (χ4v) is 0. The summed E-state index contributed by atoms with van der Waals surface area (Å²) in [6.07, 6.45) is 0. The Labute approximate surface area is 46.1 Å². The van der Waals surface area contributed by atoms with Gasteiger partial charge >= 0.3 is 0 Å². The van der Waals surface area contributed by atoms with Gasteiger partial charge in [-0.3, -0.25) is 0 Å². The largest absolute Gasteiger partial charge is 0.242 e. The fourth-order valence-electron chi connectivity index (χ4n) is 0. The molecule has 6 heavy (non-hydrogen) atoms. The van der Waals surface area contributed by atoms with Crippen LogP contribution in [0.25, 0.3) is 0 Å². The Morgan fingerprint density at radius 3 is 1.33 bits per heavy atom. The van der Waals surface area contributed by atoms with E-state index in [-0.39, 0.29) is 5.34 Å². The zero-order valence-corrected chi connectivity index (χ0v) is 4.47. The van der Waals surface area contributed by atoms with E-state index in [4.69, 9.17) is 34.0 Å². The molecule has 0 radical (unpaired) electrons. The number of hydrogen-bond donors (Lipinski definition) is 2. The highest BCUT2D eigenvalue weighted by molar-refractivity contribution is 6.40. The molecular formula is C2H4Cl2N2. The van der Waals surface area contributed by atoms with Crippen molar-refractivity contribution in [2.24, 2.45) is 0 Å². The number of halogens is 2. The fraction of sp³-hybridized carbons (Fsp3) is 0.500. The Morgan fingerprint density at radius 1 is 1.33 bits per heavy atom. The molecule has 0 heterocycles. The van der Waals surface area contributed by atoms with Crippen molar-refractivity contribution in [3.63, 3.8) is 0 Å². The molecule has 0 aliphatic heterocycles. The van der Waals surface area contributed by atoms with E-state index in [1.54, 1.807) is 0 Å². The highest BCUT2D eigenvalue weighted by Gasteiger charge is 1.41. The number of nitrogens with one attached hydrogen (secondary N) is 2. The maximum atomic E-state index is 5.62. The number of alkyl halides is 2. The molecule has 0 fully saturated rings. The minimum absolute atomic E-state index is 0.194. The topological polar surface area (TPSA) is 47.7 Å². The van der Waals surface area contributed by atoms with Crippen molar-refractivity contribution in [2.45, 2.75) is 0 Å². The molecule has 0 bridgehead atoms. The van der Waals surface area contributed by atoms with E-state index in [0.717, 1.165) is 0 Å². The highest BCUT2D eigenvalue weighted by Crippen LogP contribution is 1.73. The standard InChI is InChI=1S/CH2Cl2.CH2N2/c2*2-1-3/h1H2;2-3H.